The molecule has 4 aromatic rings. The zero-order valence-corrected chi connectivity index (χ0v) is 18.5. The van der Waals surface area contributed by atoms with E-state index in [0.717, 1.165) is 0 Å². The number of anilines is 2. The van der Waals surface area contributed by atoms with Gasteiger partial charge in [-0.2, -0.15) is 0 Å². The van der Waals surface area contributed by atoms with Crippen LogP contribution in [-0.2, 0) is 10.0 Å². The van der Waals surface area contributed by atoms with E-state index in [4.69, 9.17) is 20.6 Å². The average Bonchev–Trinajstić information content (AvgIpc) is 3.33. The van der Waals surface area contributed by atoms with Gasteiger partial charge in [0.05, 0.1) is 9.92 Å². The lowest BCUT2D eigenvalue weighted by Crippen LogP contribution is -2.15. The van der Waals surface area contributed by atoms with Gasteiger partial charge < -0.3 is 14.4 Å². The summed E-state index contributed by atoms with van der Waals surface area (Å²) in [6.07, 6.45) is 0. The van der Waals surface area contributed by atoms with Gasteiger partial charge >= 0.3 is 0 Å². The summed E-state index contributed by atoms with van der Waals surface area (Å²) < 4.78 is 37.4. The van der Waals surface area contributed by atoms with Gasteiger partial charge in [-0.3, -0.25) is 9.52 Å². The van der Waals surface area contributed by atoms with Crippen LogP contribution in [0.1, 0.15) is 21.9 Å². The van der Waals surface area contributed by atoms with Crippen molar-refractivity contribution in [3.63, 3.8) is 0 Å². The van der Waals surface area contributed by atoms with E-state index in [0.29, 0.717) is 33.5 Å². The van der Waals surface area contributed by atoms with Crippen LogP contribution in [0.3, 0.4) is 0 Å². The van der Waals surface area contributed by atoms with Gasteiger partial charge in [0, 0.05) is 17.3 Å². The lowest BCUT2D eigenvalue weighted by atomic mass is 10.1. The van der Waals surface area contributed by atoms with Crippen LogP contribution in [0.25, 0.3) is 11.3 Å². The molecular formula is C21H17ClN4O5S. The third-order valence-electron chi connectivity index (χ3n) is 4.51. The van der Waals surface area contributed by atoms with Crippen LogP contribution in [0.4, 0.5) is 11.5 Å². The number of hydrogen-bond acceptors (Lipinski definition) is 7. The molecule has 4 rings (SSSR count). The zero-order chi connectivity index (χ0) is 22.9. The quantitative estimate of drug-likeness (QED) is 0.418. The molecule has 0 bridgehead atoms. The van der Waals surface area contributed by atoms with E-state index in [9.17, 15) is 13.2 Å². The Morgan fingerprint density at radius 3 is 2.38 bits per heavy atom. The van der Waals surface area contributed by atoms with Crippen molar-refractivity contribution in [1.29, 1.82) is 0 Å². The van der Waals surface area contributed by atoms with Crippen molar-refractivity contribution in [1.82, 2.24) is 10.3 Å². The Bertz CT molecular complexity index is 1390. The number of sulfonamides is 1. The summed E-state index contributed by atoms with van der Waals surface area (Å²) in [5, 5.41) is 10.7. The number of aryl methyl sites for hydroxylation is 2. The number of hydrogen-bond donors (Lipinski definition) is 2. The minimum Gasteiger partial charge on any atom is -0.360 e. The van der Waals surface area contributed by atoms with Crippen LogP contribution >= 0.6 is 11.6 Å². The number of carbonyl (C=O) groups excluding carboxylic acids is 1. The van der Waals surface area contributed by atoms with Crippen LogP contribution in [0.5, 0.6) is 0 Å². The highest BCUT2D eigenvalue weighted by molar-refractivity contribution is 7.92. The van der Waals surface area contributed by atoms with Crippen LogP contribution in [0, 0.1) is 13.8 Å². The molecule has 0 spiro atoms. The smallest absolute Gasteiger partial charge is 0.263 e. The molecule has 0 fully saturated rings. The molecular weight excluding hydrogens is 456 g/mol. The molecule has 2 heterocycles. The number of nitrogens with zero attached hydrogens (tertiary/aromatic N) is 2. The van der Waals surface area contributed by atoms with Gasteiger partial charge in [-0.1, -0.05) is 40.1 Å². The van der Waals surface area contributed by atoms with Gasteiger partial charge in [0.25, 0.3) is 15.9 Å². The molecule has 2 N–H and O–H groups in total. The second-order valence-corrected chi connectivity index (χ2v) is 8.94. The Hall–Kier alpha value is -3.63. The van der Waals surface area contributed by atoms with Crippen LogP contribution in [-0.4, -0.2) is 24.6 Å². The molecule has 0 atom stereocenters. The molecule has 11 heteroatoms. The minimum atomic E-state index is -3.87. The van der Waals surface area contributed by atoms with E-state index < -0.39 is 15.9 Å². The molecule has 0 unspecified atom stereocenters. The van der Waals surface area contributed by atoms with Gasteiger partial charge in [-0.05, 0) is 44.2 Å². The molecule has 2 aromatic heterocycles. The maximum Gasteiger partial charge on any atom is 0.263 e. The van der Waals surface area contributed by atoms with E-state index in [1.807, 2.05) is 0 Å². The van der Waals surface area contributed by atoms with Gasteiger partial charge in [0.1, 0.15) is 22.8 Å². The number of benzene rings is 2. The summed E-state index contributed by atoms with van der Waals surface area (Å²) >= 11 is 6.24. The Morgan fingerprint density at radius 1 is 1.00 bits per heavy atom. The molecule has 164 valence electrons. The Balaban J connectivity index is 1.54. The van der Waals surface area contributed by atoms with E-state index in [2.05, 4.69) is 20.4 Å². The van der Waals surface area contributed by atoms with Crippen molar-refractivity contribution in [2.75, 3.05) is 10.0 Å². The summed E-state index contributed by atoms with van der Waals surface area (Å²) in [7, 11) is -3.87. The maximum atomic E-state index is 12.9. The highest BCUT2D eigenvalue weighted by atomic mass is 35.5. The molecule has 2 aromatic carbocycles. The monoisotopic (exact) mass is 472 g/mol. The summed E-state index contributed by atoms with van der Waals surface area (Å²) in [5.74, 6) is 0.407. The third kappa shape index (κ3) is 4.36. The predicted octanol–water partition coefficient (Wildman–Crippen LogP) is 4.65. The molecule has 0 aliphatic heterocycles. The second-order valence-electron chi connectivity index (χ2n) is 6.85. The molecule has 0 aliphatic rings. The number of carbonyl (C=O) groups is 1. The Morgan fingerprint density at radius 2 is 1.72 bits per heavy atom. The average molecular weight is 473 g/mol. The molecule has 0 saturated heterocycles. The molecule has 0 radical (unpaired) electrons. The number of amides is 1. The Labute approximate surface area is 188 Å². The maximum absolute atomic E-state index is 12.9. The number of rotatable bonds is 6. The lowest BCUT2D eigenvalue weighted by molar-refractivity contribution is 0.102. The topological polar surface area (TPSA) is 127 Å². The zero-order valence-electron chi connectivity index (χ0n) is 16.9. The molecule has 0 saturated carbocycles. The fraction of sp³-hybridized carbons (Fsp3) is 0.0952. The molecule has 9 nitrogen and oxygen atoms in total. The van der Waals surface area contributed by atoms with Gasteiger partial charge in [-0.25, -0.2) is 8.42 Å². The summed E-state index contributed by atoms with van der Waals surface area (Å²) in [6.45, 7) is 3.27. The van der Waals surface area contributed by atoms with Crippen LogP contribution in [0.2, 0.25) is 5.02 Å². The van der Waals surface area contributed by atoms with Crippen molar-refractivity contribution in [2.45, 2.75) is 18.7 Å². The third-order valence-corrected chi connectivity index (χ3v) is 6.21. The first-order valence-electron chi connectivity index (χ1n) is 9.33. The standard InChI is InChI=1S/C21H17ClN4O5S/c1-12-11-18(24-30-12)26-32(28,29)15-9-7-14(8-10-15)23-21(27)19-13(2)31-25-20(19)16-5-3-4-6-17(16)22/h3-11H,1-2H3,(H,23,27)(H,24,26). The number of halogens is 1. The lowest BCUT2D eigenvalue weighted by Gasteiger charge is -2.08. The number of aromatic nitrogens is 2. The minimum absolute atomic E-state index is 0.00549. The summed E-state index contributed by atoms with van der Waals surface area (Å²) in [4.78, 5) is 12.9. The SMILES string of the molecule is Cc1cc(NS(=O)(=O)c2ccc(NC(=O)c3c(-c4ccccc4Cl)noc3C)cc2)no1. The number of nitrogens with one attached hydrogen (secondary N) is 2. The second kappa shape index (κ2) is 8.48. The molecule has 1 amide bonds. The normalized spacial score (nSPS) is 11.3. The van der Waals surface area contributed by atoms with Crippen molar-refractivity contribution < 1.29 is 22.3 Å². The molecule has 0 aliphatic carbocycles. The highest BCUT2D eigenvalue weighted by Gasteiger charge is 2.23. The van der Waals surface area contributed by atoms with E-state index in [1.165, 1.54) is 30.3 Å². The van der Waals surface area contributed by atoms with Gasteiger partial charge in [0.2, 0.25) is 0 Å². The van der Waals surface area contributed by atoms with E-state index in [-0.39, 0.29) is 16.3 Å². The van der Waals surface area contributed by atoms with E-state index in [1.54, 1.807) is 38.1 Å². The van der Waals surface area contributed by atoms with Gasteiger partial charge in [-0.15, -0.1) is 0 Å². The largest absolute Gasteiger partial charge is 0.360 e. The van der Waals surface area contributed by atoms with Crippen molar-refractivity contribution in [2.24, 2.45) is 0 Å². The van der Waals surface area contributed by atoms with Crippen molar-refractivity contribution in [3.05, 3.63) is 76.7 Å². The van der Waals surface area contributed by atoms with Crippen LogP contribution in [0.15, 0.2) is 68.5 Å². The Kier molecular flexibility index (Phi) is 5.72. The molecule has 32 heavy (non-hydrogen) atoms. The van der Waals surface area contributed by atoms with Crippen LogP contribution < -0.4 is 10.0 Å². The van der Waals surface area contributed by atoms with E-state index >= 15 is 0 Å². The fourth-order valence-electron chi connectivity index (χ4n) is 3.00. The highest BCUT2D eigenvalue weighted by Crippen LogP contribution is 2.31. The predicted molar refractivity (Wildman–Crippen MR) is 118 cm³/mol. The summed E-state index contributed by atoms with van der Waals surface area (Å²) in [5.41, 5.74) is 1.50. The van der Waals surface area contributed by atoms with Crippen molar-refractivity contribution >= 4 is 39.0 Å². The first-order chi connectivity index (χ1) is 15.2. The first-order valence-corrected chi connectivity index (χ1v) is 11.2. The fourth-order valence-corrected chi connectivity index (χ4v) is 4.21. The summed E-state index contributed by atoms with van der Waals surface area (Å²) in [6, 6.07) is 14.1. The first kappa shape index (κ1) is 21.6. The van der Waals surface area contributed by atoms with Gasteiger partial charge in [0.15, 0.2) is 5.82 Å². The van der Waals surface area contributed by atoms with Crippen molar-refractivity contribution in [3.8, 4) is 11.3 Å².